The number of nitrogens with one attached hydrogen (secondary N) is 1. The number of aromatic nitrogens is 2. The summed E-state index contributed by atoms with van der Waals surface area (Å²) in [5, 5.41) is 3.07. The van der Waals surface area contributed by atoms with Gasteiger partial charge in [-0.2, -0.15) is 0 Å². The van der Waals surface area contributed by atoms with E-state index in [1.54, 1.807) is 19.4 Å². The van der Waals surface area contributed by atoms with E-state index in [0.29, 0.717) is 5.82 Å². The van der Waals surface area contributed by atoms with Crippen LogP contribution in [0.1, 0.15) is 0 Å². The normalized spacial score (nSPS) is 17.0. The van der Waals surface area contributed by atoms with Crippen LogP contribution in [0.4, 0.5) is 5.82 Å². The number of morpholine rings is 1. The molecule has 0 atom stereocenters. The number of nitrogens with zero attached hydrogens (tertiary/aromatic N) is 3. The van der Waals surface area contributed by atoms with E-state index in [0.717, 1.165) is 39.4 Å². The number of rotatable bonds is 4. The van der Waals surface area contributed by atoms with Crippen molar-refractivity contribution in [1.29, 1.82) is 0 Å². The van der Waals surface area contributed by atoms with Crippen molar-refractivity contribution in [2.75, 3.05) is 44.7 Å². The van der Waals surface area contributed by atoms with Gasteiger partial charge in [0, 0.05) is 45.6 Å². The van der Waals surface area contributed by atoms with Crippen molar-refractivity contribution in [3.05, 3.63) is 22.7 Å². The van der Waals surface area contributed by atoms with E-state index in [-0.39, 0.29) is 5.56 Å². The van der Waals surface area contributed by atoms with Crippen molar-refractivity contribution < 1.29 is 4.74 Å². The van der Waals surface area contributed by atoms with Crippen LogP contribution in [0.3, 0.4) is 0 Å². The molecule has 0 radical (unpaired) electrons. The van der Waals surface area contributed by atoms with Gasteiger partial charge in [-0.1, -0.05) is 0 Å². The predicted molar refractivity (Wildman–Crippen MR) is 65.2 cm³/mol. The highest BCUT2D eigenvalue weighted by Crippen LogP contribution is 1.96. The molecule has 0 aliphatic carbocycles. The number of anilines is 1. The van der Waals surface area contributed by atoms with Gasteiger partial charge < -0.3 is 14.6 Å². The van der Waals surface area contributed by atoms with Crippen molar-refractivity contribution in [3.63, 3.8) is 0 Å². The molecule has 6 heteroatoms. The fourth-order valence-corrected chi connectivity index (χ4v) is 1.78. The third-order valence-corrected chi connectivity index (χ3v) is 2.84. The van der Waals surface area contributed by atoms with E-state index in [9.17, 15) is 4.79 Å². The summed E-state index contributed by atoms with van der Waals surface area (Å²) in [6, 6.07) is 0. The van der Waals surface area contributed by atoms with Crippen LogP contribution in [-0.2, 0) is 11.8 Å². The Hall–Kier alpha value is -1.40. The Kier molecular flexibility index (Phi) is 4.11. The number of ether oxygens (including phenoxy) is 1. The van der Waals surface area contributed by atoms with Crippen LogP contribution in [0.25, 0.3) is 0 Å². The molecule has 1 aliphatic heterocycles. The molecule has 1 fully saturated rings. The fourth-order valence-electron chi connectivity index (χ4n) is 1.78. The monoisotopic (exact) mass is 238 g/mol. The van der Waals surface area contributed by atoms with Crippen LogP contribution in [0, 0.1) is 0 Å². The van der Waals surface area contributed by atoms with E-state index in [1.165, 1.54) is 4.57 Å². The number of hydrogen-bond acceptors (Lipinski definition) is 5. The summed E-state index contributed by atoms with van der Waals surface area (Å²) < 4.78 is 6.79. The smallest absolute Gasteiger partial charge is 0.293 e. The SMILES string of the molecule is Cn1ccnc(NCCN2CCOCC2)c1=O. The molecule has 1 N–H and O–H groups in total. The van der Waals surface area contributed by atoms with Gasteiger partial charge in [-0.3, -0.25) is 9.69 Å². The van der Waals surface area contributed by atoms with Crippen LogP contribution >= 0.6 is 0 Å². The third kappa shape index (κ3) is 3.28. The molecular formula is C11H18N4O2. The molecule has 0 amide bonds. The molecule has 2 rings (SSSR count). The van der Waals surface area contributed by atoms with Crippen molar-refractivity contribution in [2.24, 2.45) is 7.05 Å². The summed E-state index contributed by atoms with van der Waals surface area (Å²) in [6.45, 7) is 5.15. The molecule has 1 aromatic rings. The van der Waals surface area contributed by atoms with Crippen molar-refractivity contribution in [2.45, 2.75) is 0 Å². The standard InChI is InChI=1S/C11H18N4O2/c1-14-4-2-12-10(11(14)16)13-3-5-15-6-8-17-9-7-15/h2,4H,3,5-9H2,1H3,(H,12,13). The van der Waals surface area contributed by atoms with Crippen LogP contribution in [0.15, 0.2) is 17.2 Å². The Bertz CT molecular complexity index is 412. The summed E-state index contributed by atoms with van der Waals surface area (Å²) >= 11 is 0. The molecule has 0 bridgehead atoms. The summed E-state index contributed by atoms with van der Waals surface area (Å²) in [7, 11) is 1.72. The highest BCUT2D eigenvalue weighted by atomic mass is 16.5. The molecule has 6 nitrogen and oxygen atoms in total. The molecule has 94 valence electrons. The van der Waals surface area contributed by atoms with E-state index >= 15 is 0 Å². The first kappa shape index (κ1) is 12.1. The zero-order valence-electron chi connectivity index (χ0n) is 10.1. The van der Waals surface area contributed by atoms with Gasteiger partial charge >= 0.3 is 0 Å². The Morgan fingerprint density at radius 3 is 3.00 bits per heavy atom. The summed E-state index contributed by atoms with van der Waals surface area (Å²) in [5.41, 5.74) is -0.0884. The second kappa shape index (κ2) is 5.79. The minimum absolute atomic E-state index is 0.0884. The second-order valence-corrected chi connectivity index (χ2v) is 4.07. The maximum absolute atomic E-state index is 11.7. The van der Waals surface area contributed by atoms with E-state index < -0.39 is 0 Å². The minimum Gasteiger partial charge on any atom is -0.379 e. The molecule has 1 aliphatic rings. The zero-order valence-corrected chi connectivity index (χ0v) is 10.1. The minimum atomic E-state index is -0.0884. The van der Waals surface area contributed by atoms with Crippen molar-refractivity contribution in [1.82, 2.24) is 14.5 Å². The molecule has 1 aromatic heterocycles. The van der Waals surface area contributed by atoms with Gasteiger partial charge in [0.2, 0.25) is 0 Å². The Balaban J connectivity index is 1.81. The van der Waals surface area contributed by atoms with Crippen molar-refractivity contribution in [3.8, 4) is 0 Å². The first-order valence-electron chi connectivity index (χ1n) is 5.83. The number of aryl methyl sites for hydroxylation is 1. The highest BCUT2D eigenvalue weighted by molar-refractivity contribution is 5.30. The van der Waals surface area contributed by atoms with Gasteiger partial charge in [-0.05, 0) is 0 Å². The summed E-state index contributed by atoms with van der Waals surface area (Å²) in [4.78, 5) is 18.0. The van der Waals surface area contributed by atoms with Gasteiger partial charge in [-0.15, -0.1) is 0 Å². The molecular weight excluding hydrogens is 220 g/mol. The molecule has 0 saturated carbocycles. The molecule has 1 saturated heterocycles. The topological polar surface area (TPSA) is 59.4 Å². The predicted octanol–water partition coefficient (Wildman–Crippen LogP) is -0.476. The summed E-state index contributed by atoms with van der Waals surface area (Å²) in [6.07, 6.45) is 3.27. The average Bonchev–Trinajstić information content (AvgIpc) is 2.36. The second-order valence-electron chi connectivity index (χ2n) is 4.07. The zero-order chi connectivity index (χ0) is 12.1. The van der Waals surface area contributed by atoms with Crippen LogP contribution in [0.5, 0.6) is 0 Å². The van der Waals surface area contributed by atoms with Gasteiger partial charge in [0.1, 0.15) is 0 Å². The summed E-state index contributed by atoms with van der Waals surface area (Å²) in [5.74, 6) is 0.420. The lowest BCUT2D eigenvalue weighted by molar-refractivity contribution is 0.0398. The Morgan fingerprint density at radius 1 is 1.47 bits per heavy atom. The maximum atomic E-state index is 11.7. The molecule has 17 heavy (non-hydrogen) atoms. The van der Waals surface area contributed by atoms with Crippen LogP contribution in [-0.4, -0.2) is 53.8 Å². The van der Waals surface area contributed by atoms with E-state index in [2.05, 4.69) is 15.2 Å². The third-order valence-electron chi connectivity index (χ3n) is 2.84. The van der Waals surface area contributed by atoms with Crippen LogP contribution < -0.4 is 10.9 Å². The first-order chi connectivity index (χ1) is 8.27. The lowest BCUT2D eigenvalue weighted by Gasteiger charge is -2.26. The first-order valence-corrected chi connectivity index (χ1v) is 5.83. The molecule has 0 aromatic carbocycles. The van der Waals surface area contributed by atoms with Gasteiger partial charge in [-0.25, -0.2) is 4.98 Å². The fraction of sp³-hybridized carbons (Fsp3) is 0.636. The average molecular weight is 238 g/mol. The Morgan fingerprint density at radius 2 is 2.24 bits per heavy atom. The molecule has 0 spiro atoms. The Labute approximate surface area is 100 Å². The van der Waals surface area contributed by atoms with Gasteiger partial charge in [0.25, 0.3) is 5.56 Å². The largest absolute Gasteiger partial charge is 0.379 e. The quantitative estimate of drug-likeness (QED) is 0.768. The van der Waals surface area contributed by atoms with Crippen LogP contribution in [0.2, 0.25) is 0 Å². The lowest BCUT2D eigenvalue weighted by Crippen LogP contribution is -2.39. The van der Waals surface area contributed by atoms with Crippen molar-refractivity contribution >= 4 is 5.82 Å². The van der Waals surface area contributed by atoms with Gasteiger partial charge in [0.05, 0.1) is 13.2 Å². The van der Waals surface area contributed by atoms with Gasteiger partial charge in [0.15, 0.2) is 5.82 Å². The lowest BCUT2D eigenvalue weighted by atomic mass is 10.4. The number of hydrogen-bond donors (Lipinski definition) is 1. The van der Waals surface area contributed by atoms with E-state index in [1.807, 2.05) is 0 Å². The maximum Gasteiger partial charge on any atom is 0.293 e. The van der Waals surface area contributed by atoms with E-state index in [4.69, 9.17) is 4.74 Å². The molecule has 0 unspecified atom stereocenters. The highest BCUT2D eigenvalue weighted by Gasteiger charge is 2.09. The molecule has 2 heterocycles.